The number of carbonyl (C=O) groups excluding carboxylic acids is 3. The minimum Gasteiger partial charge on any atom is -0.466 e. The van der Waals surface area contributed by atoms with Gasteiger partial charge in [0.15, 0.2) is 5.75 Å². The highest BCUT2D eigenvalue weighted by molar-refractivity contribution is 5.95. The van der Waals surface area contributed by atoms with E-state index in [9.17, 15) is 14.4 Å². The first-order valence-electron chi connectivity index (χ1n) is 7.10. The van der Waals surface area contributed by atoms with E-state index < -0.39 is 11.9 Å². The molecule has 132 valence electrons. The molecule has 0 saturated carbocycles. The Hall–Kier alpha value is -3.40. The lowest BCUT2D eigenvalue weighted by molar-refractivity contribution is -0.136. The number of hydrogen-bond acceptors (Lipinski definition) is 6. The van der Waals surface area contributed by atoms with Gasteiger partial charge in [0.05, 0.1) is 18.9 Å². The Bertz CT molecular complexity index is 716. The van der Waals surface area contributed by atoms with E-state index >= 15 is 0 Å². The lowest BCUT2D eigenvalue weighted by Crippen LogP contribution is -2.14. The predicted octanol–water partition coefficient (Wildman–Crippen LogP) is 2.76. The van der Waals surface area contributed by atoms with Crippen LogP contribution in [-0.4, -0.2) is 25.0 Å². The van der Waals surface area contributed by atoms with Gasteiger partial charge in [-0.2, -0.15) is 5.26 Å². The number of esters is 2. The first-order chi connectivity index (χ1) is 11.7. The quantitative estimate of drug-likeness (QED) is 0.500. The molecule has 0 aliphatic heterocycles. The highest BCUT2D eigenvalue weighted by Gasteiger charge is 2.11. The van der Waals surface area contributed by atoms with E-state index in [1.807, 2.05) is 0 Å². The van der Waals surface area contributed by atoms with E-state index in [4.69, 9.17) is 10.00 Å². The van der Waals surface area contributed by atoms with Gasteiger partial charge in [-0.3, -0.25) is 4.79 Å². The van der Waals surface area contributed by atoms with E-state index in [1.165, 1.54) is 14.0 Å². The summed E-state index contributed by atoms with van der Waals surface area (Å²) in [6.45, 7) is 9.95. The van der Waals surface area contributed by atoms with Crippen LogP contribution in [0.15, 0.2) is 48.6 Å². The highest BCUT2D eigenvalue weighted by atomic mass is 16.5. The second-order valence-electron chi connectivity index (χ2n) is 4.82. The zero-order valence-corrected chi connectivity index (χ0v) is 14.4. The van der Waals surface area contributed by atoms with Gasteiger partial charge in [0.25, 0.3) is 0 Å². The zero-order chi connectivity index (χ0) is 19.4. The van der Waals surface area contributed by atoms with Gasteiger partial charge in [-0.1, -0.05) is 25.3 Å². The molecule has 1 N–H and O–H groups in total. The summed E-state index contributed by atoms with van der Waals surface area (Å²) < 4.78 is 9.32. The number of nitrogens with zero attached hydrogens (tertiary/aromatic N) is 1. The molecule has 1 aromatic carbocycles. The Balaban J connectivity index is 0.000000697. The molecule has 25 heavy (non-hydrogen) atoms. The number of benzene rings is 1. The fourth-order valence-electron chi connectivity index (χ4n) is 1.29. The van der Waals surface area contributed by atoms with Crippen LogP contribution in [0.25, 0.3) is 0 Å². The Labute approximate surface area is 146 Å². The van der Waals surface area contributed by atoms with Crippen LogP contribution in [0.4, 0.5) is 5.69 Å². The van der Waals surface area contributed by atoms with E-state index in [1.54, 1.807) is 37.3 Å². The summed E-state index contributed by atoms with van der Waals surface area (Å²) in [6.07, 6.45) is -0.261. The van der Waals surface area contributed by atoms with Crippen molar-refractivity contribution < 1.29 is 23.9 Å². The van der Waals surface area contributed by atoms with Crippen LogP contribution in [0, 0.1) is 11.3 Å². The van der Waals surface area contributed by atoms with Crippen LogP contribution in [0.1, 0.15) is 20.3 Å². The summed E-state index contributed by atoms with van der Waals surface area (Å²) in [4.78, 5) is 32.9. The minimum absolute atomic E-state index is 0.219. The standard InChI is InChI=1S/C13H12N2O3.C5H8O2/c1-9(2)13(17)18-11-6-4-3-5-10(11)15-12(16)7-8-14;1-4(2)5(6)7-3/h3-6H,1,7H2,2H3,(H,15,16);1H2,2-3H3. The first kappa shape index (κ1) is 21.6. The topological polar surface area (TPSA) is 105 Å². The zero-order valence-electron chi connectivity index (χ0n) is 14.4. The Morgan fingerprint density at radius 1 is 1.12 bits per heavy atom. The maximum Gasteiger partial charge on any atom is 0.338 e. The fourth-order valence-corrected chi connectivity index (χ4v) is 1.29. The van der Waals surface area contributed by atoms with Crippen molar-refractivity contribution in [2.45, 2.75) is 20.3 Å². The van der Waals surface area contributed by atoms with Crippen molar-refractivity contribution in [3.8, 4) is 11.8 Å². The van der Waals surface area contributed by atoms with Gasteiger partial charge < -0.3 is 14.8 Å². The van der Waals surface area contributed by atoms with Crippen LogP contribution in [0.2, 0.25) is 0 Å². The van der Waals surface area contributed by atoms with Crippen LogP contribution < -0.4 is 10.1 Å². The van der Waals surface area contributed by atoms with Gasteiger partial charge in [-0.15, -0.1) is 0 Å². The number of nitrogens with one attached hydrogen (secondary N) is 1. The number of methoxy groups -OCH3 is 1. The van der Waals surface area contributed by atoms with E-state index in [0.717, 1.165) is 0 Å². The van der Waals surface area contributed by atoms with Gasteiger partial charge in [0, 0.05) is 11.1 Å². The second-order valence-corrected chi connectivity index (χ2v) is 4.82. The molecule has 0 unspecified atom stereocenters. The molecule has 0 bridgehead atoms. The average Bonchev–Trinajstić information content (AvgIpc) is 2.56. The third-order valence-corrected chi connectivity index (χ3v) is 2.49. The number of ether oxygens (including phenoxy) is 2. The summed E-state index contributed by atoms with van der Waals surface area (Å²) in [5.41, 5.74) is 1.03. The van der Waals surface area contributed by atoms with Crippen molar-refractivity contribution in [1.29, 1.82) is 5.26 Å². The van der Waals surface area contributed by atoms with Crippen molar-refractivity contribution in [2.75, 3.05) is 12.4 Å². The largest absolute Gasteiger partial charge is 0.466 e. The normalized spacial score (nSPS) is 8.72. The second kappa shape index (κ2) is 11.2. The molecule has 1 rings (SSSR count). The Morgan fingerprint density at radius 3 is 2.12 bits per heavy atom. The van der Waals surface area contributed by atoms with Gasteiger partial charge in [0.2, 0.25) is 5.91 Å². The number of para-hydroxylation sites is 2. The average molecular weight is 344 g/mol. The maximum atomic E-state index is 11.4. The molecule has 0 heterocycles. The maximum absolute atomic E-state index is 11.4. The number of nitriles is 1. The van der Waals surface area contributed by atoms with Gasteiger partial charge >= 0.3 is 11.9 Å². The molecular formula is C18H20N2O5. The Morgan fingerprint density at radius 2 is 1.68 bits per heavy atom. The van der Waals surface area contributed by atoms with Crippen LogP contribution in [0.5, 0.6) is 5.75 Å². The van der Waals surface area contributed by atoms with Crippen LogP contribution in [0.3, 0.4) is 0 Å². The summed E-state index contributed by atoms with van der Waals surface area (Å²) in [5, 5.41) is 10.9. The third-order valence-electron chi connectivity index (χ3n) is 2.49. The Kier molecular flexibility index (Phi) is 9.66. The molecule has 0 saturated heterocycles. The van der Waals surface area contributed by atoms with Gasteiger partial charge in [-0.05, 0) is 26.0 Å². The van der Waals surface area contributed by atoms with Crippen LogP contribution in [-0.2, 0) is 19.1 Å². The highest BCUT2D eigenvalue weighted by Crippen LogP contribution is 2.24. The molecule has 1 aromatic rings. The van der Waals surface area contributed by atoms with E-state index in [0.29, 0.717) is 11.3 Å². The third kappa shape index (κ3) is 8.71. The summed E-state index contributed by atoms with van der Waals surface area (Å²) in [6, 6.07) is 8.20. The number of rotatable bonds is 5. The van der Waals surface area contributed by atoms with Gasteiger partial charge in [0.1, 0.15) is 6.42 Å². The first-order valence-corrected chi connectivity index (χ1v) is 7.10. The lowest BCUT2D eigenvalue weighted by atomic mass is 10.2. The molecule has 7 nitrogen and oxygen atoms in total. The van der Waals surface area contributed by atoms with Gasteiger partial charge in [-0.25, -0.2) is 9.59 Å². The molecule has 1 amide bonds. The van der Waals surface area contributed by atoms with Crippen molar-refractivity contribution >= 4 is 23.5 Å². The molecule has 0 aromatic heterocycles. The molecule has 0 fully saturated rings. The number of amides is 1. The fraction of sp³-hybridized carbons (Fsp3) is 0.222. The molecule has 0 atom stereocenters. The minimum atomic E-state index is -0.572. The smallest absolute Gasteiger partial charge is 0.338 e. The predicted molar refractivity (Wildman–Crippen MR) is 92.6 cm³/mol. The van der Waals surface area contributed by atoms with E-state index in [-0.39, 0.29) is 23.7 Å². The van der Waals surface area contributed by atoms with Crippen molar-refractivity contribution in [3.05, 3.63) is 48.6 Å². The van der Waals surface area contributed by atoms with Crippen molar-refractivity contribution in [2.24, 2.45) is 0 Å². The number of carbonyl (C=O) groups is 3. The number of anilines is 1. The summed E-state index contributed by atoms with van der Waals surface area (Å²) in [5.74, 6) is -1.16. The van der Waals surface area contributed by atoms with Crippen LogP contribution >= 0.6 is 0 Å². The summed E-state index contributed by atoms with van der Waals surface area (Å²) in [7, 11) is 1.33. The molecule has 7 heteroatoms. The molecular weight excluding hydrogens is 324 g/mol. The molecule has 0 spiro atoms. The molecule has 0 radical (unpaired) electrons. The van der Waals surface area contributed by atoms with Crippen molar-refractivity contribution in [1.82, 2.24) is 0 Å². The molecule has 0 aliphatic rings. The van der Waals surface area contributed by atoms with Crippen molar-refractivity contribution in [3.63, 3.8) is 0 Å². The number of hydrogen-bond donors (Lipinski definition) is 1. The molecule has 0 aliphatic carbocycles. The van der Waals surface area contributed by atoms with E-state index in [2.05, 4.69) is 23.2 Å². The SMILES string of the molecule is C=C(C)C(=O)OC.C=C(C)C(=O)Oc1ccccc1NC(=O)CC#N. The monoisotopic (exact) mass is 344 g/mol. The lowest BCUT2D eigenvalue weighted by Gasteiger charge is -2.10. The summed E-state index contributed by atoms with van der Waals surface area (Å²) >= 11 is 0.